The van der Waals surface area contributed by atoms with Crippen molar-refractivity contribution in [3.63, 3.8) is 0 Å². The van der Waals surface area contributed by atoms with E-state index in [0.29, 0.717) is 6.54 Å². The van der Waals surface area contributed by atoms with Crippen molar-refractivity contribution in [3.05, 3.63) is 0 Å². The first-order valence-electron chi connectivity index (χ1n) is 3.40. The number of carbonyl (C=O) groups is 1. The molecule has 0 radical (unpaired) electrons. The van der Waals surface area contributed by atoms with Gasteiger partial charge in [-0.15, -0.1) is 0 Å². The minimum Gasteiger partial charge on any atom is -0.465 e. The number of amides is 1. The van der Waals surface area contributed by atoms with Crippen LogP contribution in [0.4, 0.5) is 4.79 Å². The summed E-state index contributed by atoms with van der Waals surface area (Å²) in [5.74, 6) is 0. The average molecular weight is 146 g/mol. The molecule has 4 N–H and O–H groups in total. The van der Waals surface area contributed by atoms with Gasteiger partial charge in [0.2, 0.25) is 0 Å². The number of rotatable bonds is 4. The summed E-state index contributed by atoms with van der Waals surface area (Å²) < 4.78 is 0. The van der Waals surface area contributed by atoms with Crippen molar-refractivity contribution in [2.45, 2.75) is 25.8 Å². The van der Waals surface area contributed by atoms with E-state index in [1.165, 1.54) is 0 Å². The maximum absolute atomic E-state index is 10.1. The predicted octanol–water partition coefficient (Wildman–Crippen LogP) is 0.381. The third-order valence-corrected chi connectivity index (χ3v) is 1.25. The lowest BCUT2D eigenvalue weighted by atomic mass is 10.2. The van der Waals surface area contributed by atoms with Gasteiger partial charge in [-0.3, -0.25) is 0 Å². The average Bonchev–Trinajstić information content (AvgIpc) is 1.86. The highest BCUT2D eigenvalue weighted by Gasteiger charge is 2.06. The minimum atomic E-state index is -0.996. The van der Waals surface area contributed by atoms with Crippen LogP contribution in [0.3, 0.4) is 0 Å². The number of hydrogen-bond donors (Lipinski definition) is 3. The Balaban J connectivity index is 3.49. The van der Waals surface area contributed by atoms with Gasteiger partial charge in [0.25, 0.3) is 0 Å². The van der Waals surface area contributed by atoms with Gasteiger partial charge in [-0.1, -0.05) is 13.3 Å². The van der Waals surface area contributed by atoms with Crippen LogP contribution in [0.5, 0.6) is 0 Å². The van der Waals surface area contributed by atoms with Gasteiger partial charge < -0.3 is 16.2 Å². The summed E-state index contributed by atoms with van der Waals surface area (Å²) in [4.78, 5) is 10.1. The van der Waals surface area contributed by atoms with Gasteiger partial charge in [0.1, 0.15) is 0 Å². The van der Waals surface area contributed by atoms with Crippen LogP contribution in [0.25, 0.3) is 0 Å². The number of nitrogens with two attached hydrogens (primary N) is 1. The Morgan fingerprint density at radius 1 is 1.80 bits per heavy atom. The Morgan fingerprint density at radius 2 is 2.40 bits per heavy atom. The van der Waals surface area contributed by atoms with Crippen LogP contribution in [-0.4, -0.2) is 23.8 Å². The zero-order valence-corrected chi connectivity index (χ0v) is 6.13. The molecule has 4 heteroatoms. The molecule has 0 aromatic heterocycles. The largest absolute Gasteiger partial charge is 0.465 e. The number of nitrogens with one attached hydrogen (secondary N) is 1. The van der Waals surface area contributed by atoms with E-state index in [1.807, 2.05) is 6.92 Å². The van der Waals surface area contributed by atoms with Gasteiger partial charge in [-0.2, -0.15) is 0 Å². The minimum absolute atomic E-state index is 0.0810. The molecule has 0 aromatic rings. The standard InChI is InChI=1S/C6H14N2O2/c1-2-3-5(4-7)8-6(9)10/h5,8H,2-4,7H2,1H3,(H,9,10). The van der Waals surface area contributed by atoms with Crippen molar-refractivity contribution < 1.29 is 9.90 Å². The number of carboxylic acid groups (broad SMARTS) is 1. The zero-order chi connectivity index (χ0) is 7.98. The van der Waals surface area contributed by atoms with Crippen molar-refractivity contribution in [2.24, 2.45) is 5.73 Å². The smallest absolute Gasteiger partial charge is 0.404 e. The molecule has 1 amide bonds. The monoisotopic (exact) mass is 146 g/mol. The third-order valence-electron chi connectivity index (χ3n) is 1.25. The van der Waals surface area contributed by atoms with Gasteiger partial charge in [0.05, 0.1) is 0 Å². The second-order valence-corrected chi connectivity index (χ2v) is 2.17. The fourth-order valence-electron chi connectivity index (χ4n) is 0.772. The summed E-state index contributed by atoms with van der Waals surface area (Å²) in [6.07, 6.45) is 0.759. The quantitative estimate of drug-likeness (QED) is 0.536. The van der Waals surface area contributed by atoms with Crippen molar-refractivity contribution in [1.82, 2.24) is 5.32 Å². The molecule has 0 saturated carbocycles. The molecule has 10 heavy (non-hydrogen) atoms. The maximum atomic E-state index is 10.1. The molecule has 0 bridgehead atoms. The van der Waals surface area contributed by atoms with Crippen LogP contribution in [0.15, 0.2) is 0 Å². The third kappa shape index (κ3) is 4.14. The van der Waals surface area contributed by atoms with Gasteiger partial charge in [-0.25, -0.2) is 4.79 Å². The Hall–Kier alpha value is -0.770. The van der Waals surface area contributed by atoms with E-state index in [2.05, 4.69) is 5.32 Å². The van der Waals surface area contributed by atoms with Crippen LogP contribution in [-0.2, 0) is 0 Å². The summed E-state index contributed by atoms with van der Waals surface area (Å²) >= 11 is 0. The summed E-state index contributed by atoms with van der Waals surface area (Å²) in [6, 6.07) is -0.0810. The zero-order valence-electron chi connectivity index (χ0n) is 6.13. The molecule has 0 saturated heterocycles. The Morgan fingerprint density at radius 3 is 2.70 bits per heavy atom. The highest BCUT2D eigenvalue weighted by molar-refractivity contribution is 5.64. The van der Waals surface area contributed by atoms with Gasteiger partial charge in [-0.05, 0) is 6.42 Å². The lowest BCUT2D eigenvalue weighted by Gasteiger charge is -2.12. The lowest BCUT2D eigenvalue weighted by molar-refractivity contribution is 0.189. The fraction of sp³-hybridized carbons (Fsp3) is 0.833. The van der Waals surface area contributed by atoms with Crippen LogP contribution >= 0.6 is 0 Å². The van der Waals surface area contributed by atoms with E-state index in [4.69, 9.17) is 10.8 Å². The molecule has 0 aromatic carbocycles. The summed E-state index contributed by atoms with van der Waals surface area (Å²) in [5, 5.41) is 10.6. The molecule has 0 rings (SSSR count). The van der Waals surface area contributed by atoms with E-state index in [0.717, 1.165) is 12.8 Å². The highest BCUT2D eigenvalue weighted by atomic mass is 16.4. The normalized spacial score (nSPS) is 12.6. The Labute approximate surface area is 60.4 Å². The molecule has 1 atom stereocenters. The molecule has 0 heterocycles. The van der Waals surface area contributed by atoms with E-state index < -0.39 is 6.09 Å². The molecule has 4 nitrogen and oxygen atoms in total. The first kappa shape index (κ1) is 9.23. The fourth-order valence-corrected chi connectivity index (χ4v) is 0.772. The van der Waals surface area contributed by atoms with Gasteiger partial charge in [0.15, 0.2) is 0 Å². The molecular weight excluding hydrogens is 132 g/mol. The second kappa shape index (κ2) is 5.05. The maximum Gasteiger partial charge on any atom is 0.404 e. The first-order chi connectivity index (χ1) is 4.70. The van der Waals surface area contributed by atoms with Crippen LogP contribution in [0, 0.1) is 0 Å². The molecule has 60 valence electrons. The molecule has 0 fully saturated rings. The summed E-state index contributed by atoms with van der Waals surface area (Å²) in [5.41, 5.74) is 5.28. The van der Waals surface area contributed by atoms with Crippen LogP contribution in [0.2, 0.25) is 0 Å². The highest BCUT2D eigenvalue weighted by Crippen LogP contribution is 1.93. The lowest BCUT2D eigenvalue weighted by Crippen LogP contribution is -2.39. The van der Waals surface area contributed by atoms with E-state index in [9.17, 15) is 4.79 Å². The molecule has 1 unspecified atom stereocenters. The second-order valence-electron chi connectivity index (χ2n) is 2.17. The van der Waals surface area contributed by atoms with Crippen molar-refractivity contribution in [3.8, 4) is 0 Å². The molecular formula is C6H14N2O2. The topological polar surface area (TPSA) is 75.3 Å². The SMILES string of the molecule is CCCC(CN)NC(=O)O. The van der Waals surface area contributed by atoms with E-state index >= 15 is 0 Å². The van der Waals surface area contributed by atoms with Crippen molar-refractivity contribution in [2.75, 3.05) is 6.54 Å². The molecule has 0 aliphatic rings. The molecule has 0 aliphatic carbocycles. The number of hydrogen-bond acceptors (Lipinski definition) is 2. The Kier molecular flexibility index (Phi) is 4.66. The Bertz CT molecular complexity index is 106. The van der Waals surface area contributed by atoms with Gasteiger partial charge >= 0.3 is 6.09 Å². The van der Waals surface area contributed by atoms with Gasteiger partial charge in [0, 0.05) is 12.6 Å². The first-order valence-corrected chi connectivity index (χ1v) is 3.40. The van der Waals surface area contributed by atoms with Crippen molar-refractivity contribution >= 4 is 6.09 Å². The molecule has 0 spiro atoms. The van der Waals surface area contributed by atoms with Crippen LogP contribution in [0.1, 0.15) is 19.8 Å². The molecule has 0 aliphatic heterocycles. The van der Waals surface area contributed by atoms with E-state index in [-0.39, 0.29) is 6.04 Å². The van der Waals surface area contributed by atoms with E-state index in [1.54, 1.807) is 0 Å². The van der Waals surface area contributed by atoms with Crippen molar-refractivity contribution in [1.29, 1.82) is 0 Å². The predicted molar refractivity (Wildman–Crippen MR) is 38.9 cm³/mol. The van der Waals surface area contributed by atoms with Crippen LogP contribution < -0.4 is 11.1 Å². The summed E-state index contributed by atoms with van der Waals surface area (Å²) in [7, 11) is 0. The summed E-state index contributed by atoms with van der Waals surface area (Å²) in [6.45, 7) is 2.37.